The van der Waals surface area contributed by atoms with Gasteiger partial charge in [-0.3, -0.25) is 14.4 Å². The van der Waals surface area contributed by atoms with Crippen molar-refractivity contribution in [1.29, 1.82) is 0 Å². The van der Waals surface area contributed by atoms with Gasteiger partial charge in [0.2, 0.25) is 5.91 Å². The van der Waals surface area contributed by atoms with Gasteiger partial charge in [0.05, 0.1) is 25.8 Å². The highest BCUT2D eigenvalue weighted by Crippen LogP contribution is 2.16. The van der Waals surface area contributed by atoms with Gasteiger partial charge in [-0.25, -0.2) is 4.98 Å². The topological polar surface area (TPSA) is 99.5 Å². The first-order valence-electron chi connectivity index (χ1n) is 7.16. The van der Waals surface area contributed by atoms with Crippen molar-refractivity contribution in [3.8, 4) is 5.75 Å². The predicted molar refractivity (Wildman–Crippen MR) is 88.3 cm³/mol. The Bertz CT molecular complexity index is 783. The molecule has 1 amide bonds. The van der Waals surface area contributed by atoms with E-state index in [9.17, 15) is 14.4 Å². The number of carbonyl (C=O) groups is 2. The van der Waals surface area contributed by atoms with Gasteiger partial charge in [0, 0.05) is 11.6 Å². The molecule has 0 aromatic carbocycles. The number of rotatable bonds is 7. The molecule has 0 atom stereocenters. The zero-order valence-electron chi connectivity index (χ0n) is 13.3. The lowest BCUT2D eigenvalue weighted by atomic mass is 10.3. The van der Waals surface area contributed by atoms with Crippen LogP contribution >= 0.6 is 11.3 Å². The molecule has 9 heteroatoms. The number of aromatic nitrogens is 2. The van der Waals surface area contributed by atoms with E-state index in [0.29, 0.717) is 17.4 Å². The maximum atomic E-state index is 12.0. The molecule has 0 unspecified atom stereocenters. The number of hydrogen-bond donors (Lipinski definition) is 1. The van der Waals surface area contributed by atoms with Gasteiger partial charge in [-0.1, -0.05) is 0 Å². The number of amides is 1. The quantitative estimate of drug-likeness (QED) is 0.749. The molecule has 128 valence electrons. The Kier molecular flexibility index (Phi) is 6.07. The number of nitrogens with one attached hydrogen (secondary N) is 1. The number of pyridine rings is 1. The highest BCUT2D eigenvalue weighted by molar-refractivity contribution is 7.13. The summed E-state index contributed by atoms with van der Waals surface area (Å²) in [5.41, 5.74) is 0.129. The van der Waals surface area contributed by atoms with Crippen LogP contribution in [-0.4, -0.2) is 35.1 Å². The molecule has 2 rings (SSSR count). The largest absolute Gasteiger partial charge is 0.491 e. The highest BCUT2D eigenvalue weighted by Gasteiger charge is 2.12. The number of thiazole rings is 1. The van der Waals surface area contributed by atoms with Crippen molar-refractivity contribution in [3.63, 3.8) is 0 Å². The predicted octanol–water partition coefficient (Wildman–Crippen LogP) is 1.06. The highest BCUT2D eigenvalue weighted by atomic mass is 32.1. The fourth-order valence-electron chi connectivity index (χ4n) is 1.91. The standard InChI is InChI=1S/C15H17N3O5S/c1-3-23-13(20)7-10-9-24-15(16-10)17-12(19)8-18-6-4-5-11(22-2)14(18)21/h4-6,9H,3,7-8H2,1-2H3,(H,16,17,19). The molecule has 0 bridgehead atoms. The van der Waals surface area contributed by atoms with Gasteiger partial charge in [-0.2, -0.15) is 0 Å². The number of methoxy groups -OCH3 is 1. The summed E-state index contributed by atoms with van der Waals surface area (Å²) < 4.78 is 11.0. The van der Waals surface area contributed by atoms with Crippen LogP contribution in [0.25, 0.3) is 0 Å². The summed E-state index contributed by atoms with van der Waals surface area (Å²) in [6.45, 7) is 1.87. The van der Waals surface area contributed by atoms with Crippen molar-refractivity contribution in [1.82, 2.24) is 9.55 Å². The Morgan fingerprint density at radius 2 is 2.21 bits per heavy atom. The van der Waals surface area contributed by atoms with E-state index in [0.717, 1.165) is 0 Å². The molecule has 0 saturated heterocycles. The van der Waals surface area contributed by atoms with E-state index in [4.69, 9.17) is 9.47 Å². The zero-order chi connectivity index (χ0) is 17.5. The maximum Gasteiger partial charge on any atom is 0.311 e. The van der Waals surface area contributed by atoms with E-state index < -0.39 is 11.5 Å². The van der Waals surface area contributed by atoms with Crippen LogP contribution in [0, 0.1) is 0 Å². The third-order valence-electron chi connectivity index (χ3n) is 2.95. The number of ether oxygens (including phenoxy) is 2. The van der Waals surface area contributed by atoms with Crippen LogP contribution in [0.4, 0.5) is 5.13 Å². The molecular formula is C15H17N3O5S. The summed E-state index contributed by atoms with van der Waals surface area (Å²) >= 11 is 1.20. The molecular weight excluding hydrogens is 334 g/mol. The molecule has 1 N–H and O–H groups in total. The van der Waals surface area contributed by atoms with Crippen molar-refractivity contribution in [2.24, 2.45) is 0 Å². The molecule has 8 nitrogen and oxygen atoms in total. The molecule has 2 aromatic rings. The molecule has 2 aromatic heterocycles. The Morgan fingerprint density at radius 3 is 2.92 bits per heavy atom. The van der Waals surface area contributed by atoms with Gasteiger partial charge in [-0.05, 0) is 19.1 Å². The second kappa shape index (κ2) is 8.25. The lowest BCUT2D eigenvalue weighted by Crippen LogP contribution is -2.27. The molecule has 0 fully saturated rings. The molecule has 2 heterocycles. The average molecular weight is 351 g/mol. The van der Waals surface area contributed by atoms with Crippen LogP contribution in [0.3, 0.4) is 0 Å². The minimum atomic E-state index is -0.401. The molecule has 0 aliphatic carbocycles. The second-order valence-corrected chi connectivity index (χ2v) is 5.54. The minimum Gasteiger partial charge on any atom is -0.491 e. The maximum absolute atomic E-state index is 12.0. The second-order valence-electron chi connectivity index (χ2n) is 4.68. The molecule has 24 heavy (non-hydrogen) atoms. The van der Waals surface area contributed by atoms with E-state index >= 15 is 0 Å². The summed E-state index contributed by atoms with van der Waals surface area (Å²) in [7, 11) is 1.39. The summed E-state index contributed by atoms with van der Waals surface area (Å²) in [5, 5.41) is 4.62. The lowest BCUT2D eigenvalue weighted by Gasteiger charge is -2.07. The van der Waals surface area contributed by atoms with Crippen LogP contribution < -0.4 is 15.6 Å². The molecule has 0 aliphatic rings. The fraction of sp³-hybridized carbons (Fsp3) is 0.333. The normalized spacial score (nSPS) is 10.2. The van der Waals surface area contributed by atoms with E-state index in [1.807, 2.05) is 0 Å². The minimum absolute atomic E-state index is 0.0511. The summed E-state index contributed by atoms with van der Waals surface area (Å²) in [6, 6.07) is 3.15. The van der Waals surface area contributed by atoms with Crippen molar-refractivity contribution in [2.75, 3.05) is 19.0 Å². The summed E-state index contributed by atoms with van der Waals surface area (Å²) in [6.07, 6.45) is 1.55. The van der Waals surface area contributed by atoms with E-state index in [-0.39, 0.29) is 24.7 Å². The molecule has 0 saturated carbocycles. The van der Waals surface area contributed by atoms with E-state index in [2.05, 4.69) is 10.3 Å². The summed E-state index contributed by atoms with van der Waals surface area (Å²) in [4.78, 5) is 39.5. The first-order valence-corrected chi connectivity index (χ1v) is 8.04. The van der Waals surface area contributed by atoms with Gasteiger partial charge in [0.25, 0.3) is 5.56 Å². The van der Waals surface area contributed by atoms with Crippen molar-refractivity contribution >= 4 is 28.3 Å². The Morgan fingerprint density at radius 1 is 1.42 bits per heavy atom. The van der Waals surface area contributed by atoms with E-state index in [1.54, 1.807) is 18.4 Å². The number of carbonyl (C=O) groups excluding carboxylic acids is 2. The molecule has 0 radical (unpaired) electrons. The van der Waals surface area contributed by atoms with Crippen molar-refractivity contribution in [3.05, 3.63) is 39.8 Å². The van der Waals surface area contributed by atoms with Crippen LogP contribution in [0.2, 0.25) is 0 Å². The Labute approximate surface area is 142 Å². The van der Waals surface area contributed by atoms with Gasteiger partial charge >= 0.3 is 5.97 Å². The van der Waals surface area contributed by atoms with Gasteiger partial charge in [-0.15, -0.1) is 11.3 Å². The number of hydrogen-bond acceptors (Lipinski definition) is 7. The Hall–Kier alpha value is -2.68. The monoisotopic (exact) mass is 351 g/mol. The molecule has 0 aliphatic heterocycles. The van der Waals surface area contributed by atoms with Crippen LogP contribution in [-0.2, 0) is 27.3 Å². The first kappa shape index (κ1) is 17.7. The third kappa shape index (κ3) is 4.66. The number of anilines is 1. The van der Waals surface area contributed by atoms with Crippen molar-refractivity contribution in [2.45, 2.75) is 19.9 Å². The van der Waals surface area contributed by atoms with E-state index in [1.165, 1.54) is 35.3 Å². The summed E-state index contributed by atoms with van der Waals surface area (Å²) in [5.74, 6) is -0.609. The van der Waals surface area contributed by atoms with Crippen LogP contribution in [0.1, 0.15) is 12.6 Å². The van der Waals surface area contributed by atoms with Gasteiger partial charge < -0.3 is 19.4 Å². The SMILES string of the molecule is CCOC(=O)Cc1csc(NC(=O)Cn2cccc(OC)c2=O)n1. The zero-order valence-corrected chi connectivity index (χ0v) is 14.1. The fourth-order valence-corrected chi connectivity index (χ4v) is 2.64. The first-order chi connectivity index (χ1) is 11.5. The third-order valence-corrected chi connectivity index (χ3v) is 3.75. The van der Waals surface area contributed by atoms with Crippen molar-refractivity contribution < 1.29 is 19.1 Å². The van der Waals surface area contributed by atoms with Gasteiger partial charge in [0.1, 0.15) is 6.54 Å². The van der Waals surface area contributed by atoms with Gasteiger partial charge in [0.15, 0.2) is 10.9 Å². The van der Waals surface area contributed by atoms with Crippen LogP contribution in [0.15, 0.2) is 28.5 Å². The lowest BCUT2D eigenvalue weighted by molar-refractivity contribution is -0.142. The number of nitrogens with zero attached hydrogens (tertiary/aromatic N) is 2. The smallest absolute Gasteiger partial charge is 0.311 e. The molecule has 0 spiro atoms. The number of esters is 1. The Balaban J connectivity index is 1.97. The van der Waals surface area contributed by atoms with Crippen LogP contribution in [0.5, 0.6) is 5.75 Å². The average Bonchev–Trinajstić information content (AvgIpc) is 2.96.